The van der Waals surface area contributed by atoms with Crippen molar-refractivity contribution in [2.24, 2.45) is 17.8 Å². The van der Waals surface area contributed by atoms with E-state index < -0.39 is 5.56 Å². The van der Waals surface area contributed by atoms with Gasteiger partial charge in [0.05, 0.1) is 4.88 Å². The summed E-state index contributed by atoms with van der Waals surface area (Å²) in [5.41, 5.74) is 6.17. The zero-order valence-electron chi connectivity index (χ0n) is 15.2. The van der Waals surface area contributed by atoms with E-state index in [4.69, 9.17) is 5.73 Å². The van der Waals surface area contributed by atoms with Crippen molar-refractivity contribution in [2.75, 3.05) is 5.73 Å². The number of nitrogens with two attached hydrogens (primary N) is 1. The van der Waals surface area contributed by atoms with Crippen molar-refractivity contribution in [1.29, 1.82) is 0 Å². The molecule has 1 amide bonds. The highest BCUT2D eigenvalue weighted by molar-refractivity contribution is 7.13. The Labute approximate surface area is 161 Å². The fraction of sp³-hybridized carbons (Fsp3) is 0.550. The van der Waals surface area contributed by atoms with Crippen LogP contribution < -0.4 is 16.6 Å². The molecule has 2 heterocycles. The largest absolute Gasteiger partial charge is 0.394 e. The predicted molar refractivity (Wildman–Crippen MR) is 105 cm³/mol. The number of nitrogens with one attached hydrogen (secondary N) is 1. The van der Waals surface area contributed by atoms with Crippen LogP contribution in [0.5, 0.6) is 0 Å². The Morgan fingerprint density at radius 1 is 1.26 bits per heavy atom. The molecule has 0 radical (unpaired) electrons. The number of nitrogen functional groups attached to an aromatic ring is 1. The molecule has 4 aliphatic rings. The minimum atomic E-state index is -0.407. The topological polar surface area (TPSA) is 90.0 Å². The fourth-order valence-electron chi connectivity index (χ4n) is 5.95. The monoisotopic (exact) mass is 384 g/mol. The Morgan fingerprint density at radius 2 is 1.93 bits per heavy atom. The van der Waals surface area contributed by atoms with Crippen LogP contribution in [0, 0.1) is 17.8 Å². The molecule has 0 spiro atoms. The standard InChI is InChI=1S/C20H24N4O2S/c21-15-7-16(17-2-1-3-27-17)23-24(19(15)26)11-18(25)22-20-8-12-4-13(9-20)6-14(5-12)10-20/h1-3,7,12-14H,4-6,8-11,21H2,(H,22,25). The van der Waals surface area contributed by atoms with E-state index >= 15 is 0 Å². The Morgan fingerprint density at radius 3 is 2.52 bits per heavy atom. The van der Waals surface area contributed by atoms with Crippen LogP contribution >= 0.6 is 11.3 Å². The van der Waals surface area contributed by atoms with Gasteiger partial charge in [-0.1, -0.05) is 6.07 Å². The number of hydrogen-bond donors (Lipinski definition) is 2. The van der Waals surface area contributed by atoms with Gasteiger partial charge < -0.3 is 11.1 Å². The summed E-state index contributed by atoms with van der Waals surface area (Å²) in [6.07, 6.45) is 7.25. The third-order valence-corrected chi connectivity index (χ3v) is 7.40. The number of hydrogen-bond acceptors (Lipinski definition) is 5. The van der Waals surface area contributed by atoms with E-state index in [2.05, 4.69) is 10.4 Å². The van der Waals surface area contributed by atoms with Gasteiger partial charge in [-0.2, -0.15) is 5.10 Å². The highest BCUT2D eigenvalue weighted by Gasteiger charge is 2.51. The van der Waals surface area contributed by atoms with Crippen molar-refractivity contribution in [3.05, 3.63) is 33.9 Å². The molecule has 0 unspecified atom stereocenters. The summed E-state index contributed by atoms with van der Waals surface area (Å²) in [5, 5.41) is 9.63. The zero-order valence-corrected chi connectivity index (χ0v) is 16.0. The minimum Gasteiger partial charge on any atom is -0.394 e. The Balaban J connectivity index is 1.36. The second-order valence-electron chi connectivity index (χ2n) is 8.67. The van der Waals surface area contributed by atoms with Crippen molar-refractivity contribution in [1.82, 2.24) is 15.1 Å². The Bertz CT molecular complexity index is 899. The summed E-state index contributed by atoms with van der Waals surface area (Å²) < 4.78 is 1.21. The van der Waals surface area contributed by atoms with Crippen molar-refractivity contribution >= 4 is 22.9 Å². The molecular formula is C20H24N4O2S. The number of carbonyl (C=O) groups is 1. The summed E-state index contributed by atoms with van der Waals surface area (Å²) in [6, 6.07) is 5.44. The molecule has 4 aliphatic carbocycles. The Kier molecular flexibility index (Phi) is 3.89. The van der Waals surface area contributed by atoms with Gasteiger partial charge in [-0.3, -0.25) is 9.59 Å². The fourth-order valence-corrected chi connectivity index (χ4v) is 6.63. The minimum absolute atomic E-state index is 0.0631. The average Bonchev–Trinajstić information content (AvgIpc) is 3.11. The molecule has 4 saturated carbocycles. The first-order chi connectivity index (χ1) is 13.0. The number of carbonyl (C=O) groups excluding carboxylic acids is 1. The molecule has 6 nitrogen and oxygen atoms in total. The van der Waals surface area contributed by atoms with E-state index in [1.807, 2.05) is 17.5 Å². The summed E-state index contributed by atoms with van der Waals surface area (Å²) in [7, 11) is 0. The highest BCUT2D eigenvalue weighted by atomic mass is 32.1. The normalized spacial score (nSPS) is 31.2. The molecule has 6 rings (SSSR count). The van der Waals surface area contributed by atoms with Crippen molar-refractivity contribution in [3.8, 4) is 10.6 Å². The van der Waals surface area contributed by atoms with Gasteiger partial charge in [0, 0.05) is 5.54 Å². The third-order valence-electron chi connectivity index (χ3n) is 6.51. The van der Waals surface area contributed by atoms with Gasteiger partial charge in [0.25, 0.3) is 5.56 Å². The van der Waals surface area contributed by atoms with Gasteiger partial charge in [0.1, 0.15) is 17.9 Å². The van der Waals surface area contributed by atoms with E-state index in [-0.39, 0.29) is 23.7 Å². The van der Waals surface area contributed by atoms with Crippen LogP contribution in [0.1, 0.15) is 38.5 Å². The second kappa shape index (κ2) is 6.19. The van der Waals surface area contributed by atoms with Gasteiger partial charge in [0.2, 0.25) is 5.91 Å². The molecule has 7 heteroatoms. The summed E-state index contributed by atoms with van der Waals surface area (Å²) in [4.78, 5) is 26.1. The SMILES string of the molecule is Nc1cc(-c2cccs2)nn(CC(=O)NC23CC4CC(CC(C4)C2)C3)c1=O. The number of nitrogens with zero attached hydrogens (tertiary/aromatic N) is 2. The molecule has 0 atom stereocenters. The van der Waals surface area contributed by atoms with Gasteiger partial charge >= 0.3 is 0 Å². The van der Waals surface area contributed by atoms with Crippen LogP contribution in [0.25, 0.3) is 10.6 Å². The smallest absolute Gasteiger partial charge is 0.290 e. The number of rotatable bonds is 4. The van der Waals surface area contributed by atoms with Gasteiger partial charge in [-0.25, -0.2) is 4.68 Å². The van der Waals surface area contributed by atoms with Crippen LogP contribution in [0.3, 0.4) is 0 Å². The summed E-state index contributed by atoms with van der Waals surface area (Å²) >= 11 is 1.53. The molecule has 3 N–H and O–H groups in total. The molecule has 0 aromatic carbocycles. The lowest BCUT2D eigenvalue weighted by atomic mass is 9.53. The van der Waals surface area contributed by atoms with Crippen LogP contribution in [0.15, 0.2) is 28.4 Å². The lowest BCUT2D eigenvalue weighted by Gasteiger charge is -2.56. The molecule has 27 heavy (non-hydrogen) atoms. The first-order valence-corrected chi connectivity index (χ1v) is 10.6. The van der Waals surface area contributed by atoms with Crippen LogP contribution in [-0.4, -0.2) is 21.2 Å². The van der Waals surface area contributed by atoms with Gasteiger partial charge in [-0.15, -0.1) is 11.3 Å². The van der Waals surface area contributed by atoms with Gasteiger partial charge in [0.15, 0.2) is 0 Å². The number of thiophene rings is 1. The highest BCUT2D eigenvalue weighted by Crippen LogP contribution is 2.55. The van der Waals surface area contributed by atoms with E-state index in [1.54, 1.807) is 6.07 Å². The molecule has 0 saturated heterocycles. The maximum atomic E-state index is 12.8. The molecule has 0 aliphatic heterocycles. The average molecular weight is 385 g/mol. The molecule has 2 aromatic rings. The lowest BCUT2D eigenvalue weighted by molar-refractivity contribution is -0.127. The van der Waals surface area contributed by atoms with E-state index in [1.165, 1.54) is 35.3 Å². The predicted octanol–water partition coefficient (Wildman–Crippen LogP) is 2.64. The maximum absolute atomic E-state index is 12.8. The first-order valence-electron chi connectivity index (χ1n) is 9.72. The van der Waals surface area contributed by atoms with Crippen molar-refractivity contribution < 1.29 is 4.79 Å². The lowest BCUT2D eigenvalue weighted by Crippen LogP contribution is -2.60. The Hall–Kier alpha value is -2.15. The molecule has 4 bridgehead atoms. The first kappa shape index (κ1) is 17.0. The number of aromatic nitrogens is 2. The zero-order chi connectivity index (χ0) is 18.6. The maximum Gasteiger partial charge on any atom is 0.290 e. The molecular weight excluding hydrogens is 360 g/mol. The van der Waals surface area contributed by atoms with Gasteiger partial charge in [-0.05, 0) is 73.8 Å². The molecule has 2 aromatic heterocycles. The second-order valence-corrected chi connectivity index (χ2v) is 9.62. The quantitative estimate of drug-likeness (QED) is 0.848. The molecule has 4 fully saturated rings. The summed E-state index contributed by atoms with van der Waals surface area (Å²) in [6.45, 7) is -0.0794. The van der Waals surface area contributed by atoms with E-state index in [9.17, 15) is 9.59 Å². The van der Waals surface area contributed by atoms with Crippen molar-refractivity contribution in [3.63, 3.8) is 0 Å². The summed E-state index contributed by atoms with van der Waals surface area (Å²) in [5.74, 6) is 2.15. The van der Waals surface area contributed by atoms with E-state index in [0.717, 1.165) is 41.9 Å². The van der Waals surface area contributed by atoms with Crippen LogP contribution in [0.4, 0.5) is 5.69 Å². The number of amides is 1. The van der Waals surface area contributed by atoms with Crippen LogP contribution in [0.2, 0.25) is 0 Å². The number of anilines is 1. The van der Waals surface area contributed by atoms with Crippen molar-refractivity contribution in [2.45, 2.75) is 50.6 Å². The van der Waals surface area contributed by atoms with Crippen LogP contribution in [-0.2, 0) is 11.3 Å². The van der Waals surface area contributed by atoms with E-state index in [0.29, 0.717) is 5.69 Å². The third kappa shape index (κ3) is 3.08. The molecule has 142 valence electrons.